The minimum absolute atomic E-state index is 0.0302. The topological polar surface area (TPSA) is 92.7 Å². The van der Waals surface area contributed by atoms with Crippen LogP contribution in [-0.2, 0) is 9.53 Å². The van der Waals surface area contributed by atoms with E-state index in [1.54, 1.807) is 18.7 Å². The molecule has 3 rings (SSSR count). The normalized spacial score (nSPS) is 16.5. The summed E-state index contributed by atoms with van der Waals surface area (Å²) in [5.41, 5.74) is 0.760. The van der Waals surface area contributed by atoms with E-state index in [2.05, 4.69) is 9.97 Å². The van der Waals surface area contributed by atoms with Crippen LogP contribution in [0.25, 0.3) is 11.4 Å². The Bertz CT molecular complexity index is 1050. The van der Waals surface area contributed by atoms with Gasteiger partial charge in [-0.25, -0.2) is 14.8 Å². The number of aromatic nitrogens is 2. The van der Waals surface area contributed by atoms with Gasteiger partial charge in [-0.2, -0.15) is 0 Å². The van der Waals surface area contributed by atoms with Gasteiger partial charge in [0, 0.05) is 36.7 Å². The maximum absolute atomic E-state index is 13.6. The average Bonchev–Trinajstić information content (AvgIpc) is 2.77. The molecule has 2 aromatic rings. The van der Waals surface area contributed by atoms with Crippen LogP contribution in [-0.4, -0.2) is 69.8 Å². The second-order valence-corrected chi connectivity index (χ2v) is 9.29. The quantitative estimate of drug-likeness (QED) is 0.661. The van der Waals surface area contributed by atoms with Crippen molar-refractivity contribution in [2.45, 2.75) is 47.6 Å². The summed E-state index contributed by atoms with van der Waals surface area (Å²) in [6, 6.07) is 9.16. The van der Waals surface area contributed by atoms with Crippen LogP contribution in [0.15, 0.2) is 30.3 Å². The summed E-state index contributed by atoms with van der Waals surface area (Å²) in [6.45, 7) is 12.3. The fourth-order valence-electron chi connectivity index (χ4n) is 3.92. The molecule has 176 valence electrons. The van der Waals surface area contributed by atoms with E-state index in [4.69, 9.17) is 4.74 Å². The fourth-order valence-corrected chi connectivity index (χ4v) is 3.92. The molecule has 1 fully saturated rings. The fraction of sp³-hybridized carbons (Fsp3) is 0.480. The zero-order valence-corrected chi connectivity index (χ0v) is 20.2. The summed E-state index contributed by atoms with van der Waals surface area (Å²) in [4.78, 5) is 51.6. The molecule has 8 nitrogen and oxygen atoms in total. The van der Waals surface area contributed by atoms with Crippen LogP contribution in [0.1, 0.15) is 61.2 Å². The number of carbonyl (C=O) groups excluding carboxylic acids is 3. The van der Waals surface area contributed by atoms with Crippen molar-refractivity contribution in [1.29, 1.82) is 0 Å². The van der Waals surface area contributed by atoms with E-state index in [1.807, 2.05) is 62.9 Å². The minimum Gasteiger partial charge on any atom is -0.462 e. The van der Waals surface area contributed by atoms with Crippen LogP contribution in [0.5, 0.6) is 0 Å². The number of nitrogens with zero attached hydrogens (tertiary/aromatic N) is 4. The van der Waals surface area contributed by atoms with Gasteiger partial charge in [-0.1, -0.05) is 51.1 Å². The van der Waals surface area contributed by atoms with Gasteiger partial charge in [0.15, 0.2) is 5.82 Å². The van der Waals surface area contributed by atoms with Crippen molar-refractivity contribution in [3.8, 4) is 11.4 Å². The van der Waals surface area contributed by atoms with Crippen LogP contribution in [0, 0.1) is 12.3 Å². The summed E-state index contributed by atoms with van der Waals surface area (Å²) in [5.74, 6) is -0.555. The number of ether oxygens (including phenoxy) is 1. The zero-order valence-electron chi connectivity index (χ0n) is 20.2. The molecule has 0 saturated carbocycles. The van der Waals surface area contributed by atoms with Gasteiger partial charge >= 0.3 is 5.97 Å². The first-order valence-corrected chi connectivity index (χ1v) is 11.3. The number of hydrogen-bond acceptors (Lipinski definition) is 6. The number of amides is 2. The predicted octanol–water partition coefficient (Wildman–Crippen LogP) is 3.35. The molecule has 1 aliphatic heterocycles. The van der Waals surface area contributed by atoms with Crippen molar-refractivity contribution in [2.75, 3.05) is 26.2 Å². The van der Waals surface area contributed by atoms with E-state index in [-0.39, 0.29) is 35.7 Å². The van der Waals surface area contributed by atoms with Gasteiger partial charge in [-0.05, 0) is 20.8 Å². The molecule has 1 unspecified atom stereocenters. The third-order valence-electron chi connectivity index (χ3n) is 5.62. The van der Waals surface area contributed by atoms with Crippen LogP contribution < -0.4 is 0 Å². The van der Waals surface area contributed by atoms with Crippen molar-refractivity contribution >= 4 is 17.8 Å². The molecule has 2 amide bonds. The third-order valence-corrected chi connectivity index (χ3v) is 5.62. The average molecular weight is 453 g/mol. The standard InChI is InChI=1S/C25H32N4O4/c1-7-33-23(31)19-17(3)26-21(18-11-9-8-10-12-18)27-20(19)22(30)28-13-14-29(16(2)15-28)24(32)25(4,5)6/h8-12,16H,7,13-15H2,1-6H3. The molecule has 1 aromatic carbocycles. The van der Waals surface area contributed by atoms with Crippen molar-refractivity contribution in [3.05, 3.63) is 47.3 Å². The smallest absolute Gasteiger partial charge is 0.342 e. The summed E-state index contributed by atoms with van der Waals surface area (Å²) in [7, 11) is 0. The van der Waals surface area contributed by atoms with E-state index in [0.717, 1.165) is 5.56 Å². The number of aryl methyl sites for hydroxylation is 1. The Hall–Kier alpha value is -3.29. The summed E-state index contributed by atoms with van der Waals surface area (Å²) < 4.78 is 5.20. The summed E-state index contributed by atoms with van der Waals surface area (Å²) >= 11 is 0. The molecule has 1 aliphatic rings. The van der Waals surface area contributed by atoms with Gasteiger partial charge in [-0.3, -0.25) is 9.59 Å². The summed E-state index contributed by atoms with van der Waals surface area (Å²) in [5, 5.41) is 0. The van der Waals surface area contributed by atoms with E-state index in [0.29, 0.717) is 31.2 Å². The van der Waals surface area contributed by atoms with Gasteiger partial charge in [0.2, 0.25) is 5.91 Å². The van der Waals surface area contributed by atoms with Gasteiger partial charge in [0.1, 0.15) is 11.3 Å². The van der Waals surface area contributed by atoms with Gasteiger partial charge in [-0.15, -0.1) is 0 Å². The Kier molecular flexibility index (Phi) is 7.15. The first-order chi connectivity index (χ1) is 15.5. The van der Waals surface area contributed by atoms with Crippen LogP contribution >= 0.6 is 0 Å². The molecule has 1 atom stereocenters. The number of piperazine rings is 1. The van der Waals surface area contributed by atoms with Gasteiger partial charge in [0.25, 0.3) is 5.91 Å². The number of esters is 1. The Morgan fingerprint density at radius 3 is 2.33 bits per heavy atom. The first kappa shape index (κ1) is 24.4. The molecule has 0 N–H and O–H groups in total. The lowest BCUT2D eigenvalue weighted by Crippen LogP contribution is -2.57. The van der Waals surface area contributed by atoms with Crippen molar-refractivity contribution < 1.29 is 19.1 Å². The van der Waals surface area contributed by atoms with Crippen LogP contribution in [0.4, 0.5) is 0 Å². The molecule has 33 heavy (non-hydrogen) atoms. The van der Waals surface area contributed by atoms with E-state index in [9.17, 15) is 14.4 Å². The molecular weight excluding hydrogens is 420 g/mol. The highest BCUT2D eigenvalue weighted by Crippen LogP contribution is 2.24. The third kappa shape index (κ3) is 5.21. The number of carbonyl (C=O) groups is 3. The van der Waals surface area contributed by atoms with Crippen molar-refractivity contribution in [2.24, 2.45) is 5.41 Å². The van der Waals surface area contributed by atoms with Crippen molar-refractivity contribution in [1.82, 2.24) is 19.8 Å². The number of rotatable bonds is 4. The lowest BCUT2D eigenvalue weighted by molar-refractivity contribution is -0.143. The Balaban J connectivity index is 1.96. The maximum atomic E-state index is 13.6. The first-order valence-electron chi connectivity index (χ1n) is 11.3. The predicted molar refractivity (Wildman–Crippen MR) is 125 cm³/mol. The number of benzene rings is 1. The second kappa shape index (κ2) is 9.68. The molecule has 2 heterocycles. The van der Waals surface area contributed by atoms with E-state index in [1.165, 1.54) is 0 Å². The van der Waals surface area contributed by atoms with Gasteiger partial charge in [0.05, 0.1) is 12.3 Å². The molecule has 0 bridgehead atoms. The summed E-state index contributed by atoms with van der Waals surface area (Å²) in [6.07, 6.45) is 0. The highest BCUT2D eigenvalue weighted by Gasteiger charge is 2.36. The molecule has 1 saturated heterocycles. The molecule has 8 heteroatoms. The van der Waals surface area contributed by atoms with E-state index < -0.39 is 11.4 Å². The van der Waals surface area contributed by atoms with Gasteiger partial charge < -0.3 is 14.5 Å². The minimum atomic E-state index is -0.618. The molecule has 1 aromatic heterocycles. The van der Waals surface area contributed by atoms with E-state index >= 15 is 0 Å². The molecular formula is C25H32N4O4. The maximum Gasteiger partial charge on any atom is 0.342 e. The van der Waals surface area contributed by atoms with Crippen molar-refractivity contribution in [3.63, 3.8) is 0 Å². The van der Waals surface area contributed by atoms with Crippen LogP contribution in [0.2, 0.25) is 0 Å². The Morgan fingerprint density at radius 1 is 1.09 bits per heavy atom. The molecule has 0 aliphatic carbocycles. The second-order valence-electron chi connectivity index (χ2n) is 9.29. The molecule has 0 spiro atoms. The zero-order chi connectivity index (χ0) is 24.3. The number of hydrogen-bond donors (Lipinski definition) is 0. The molecule has 0 radical (unpaired) electrons. The Morgan fingerprint density at radius 2 is 1.76 bits per heavy atom. The van der Waals surface area contributed by atoms with Crippen LogP contribution in [0.3, 0.4) is 0 Å². The monoisotopic (exact) mass is 452 g/mol. The largest absolute Gasteiger partial charge is 0.462 e. The highest BCUT2D eigenvalue weighted by atomic mass is 16.5. The lowest BCUT2D eigenvalue weighted by Gasteiger charge is -2.42. The lowest BCUT2D eigenvalue weighted by atomic mass is 9.93. The highest BCUT2D eigenvalue weighted by molar-refractivity contribution is 6.05. The Labute approximate surface area is 195 Å². The SMILES string of the molecule is CCOC(=O)c1c(C)nc(-c2ccccc2)nc1C(=O)N1CCN(C(=O)C(C)(C)C)C(C)C1.